The van der Waals surface area contributed by atoms with Crippen LogP contribution in [0.1, 0.15) is 38.1 Å². The molecular weight excluding hydrogens is 212 g/mol. The molecule has 1 aromatic heterocycles. The summed E-state index contributed by atoms with van der Waals surface area (Å²) in [4.78, 5) is 0. The molecule has 4 heteroatoms. The Labute approximate surface area is 95.9 Å². The molecule has 80 valence electrons. The molecule has 1 heterocycles. The second kappa shape index (κ2) is 5.12. The van der Waals surface area contributed by atoms with Gasteiger partial charge in [-0.3, -0.25) is 0 Å². The van der Waals surface area contributed by atoms with E-state index in [0.29, 0.717) is 17.8 Å². The van der Waals surface area contributed by atoms with Crippen molar-refractivity contribution < 1.29 is 0 Å². The van der Waals surface area contributed by atoms with Gasteiger partial charge in [-0.1, -0.05) is 20.8 Å². The summed E-state index contributed by atoms with van der Waals surface area (Å²) in [6, 6.07) is 0. The zero-order valence-electron chi connectivity index (χ0n) is 9.19. The van der Waals surface area contributed by atoms with Crippen LogP contribution < -0.4 is 0 Å². The molecule has 0 aliphatic carbocycles. The van der Waals surface area contributed by atoms with Crippen LogP contribution in [0.3, 0.4) is 0 Å². The Morgan fingerprint density at radius 1 is 1.29 bits per heavy atom. The Kier molecular flexibility index (Phi) is 4.38. The zero-order valence-corrected chi connectivity index (χ0v) is 10.9. The summed E-state index contributed by atoms with van der Waals surface area (Å²) in [6.45, 7) is 8.79. The maximum absolute atomic E-state index is 4.42. The molecule has 0 spiro atoms. The highest BCUT2D eigenvalue weighted by molar-refractivity contribution is 7.80. The lowest BCUT2D eigenvalue weighted by Crippen LogP contribution is -2.18. The van der Waals surface area contributed by atoms with Crippen LogP contribution in [-0.2, 0) is 0 Å². The number of aryl methyl sites for hydroxylation is 1. The predicted molar refractivity (Wildman–Crippen MR) is 65.2 cm³/mol. The van der Waals surface area contributed by atoms with E-state index in [1.165, 1.54) is 11.7 Å². The minimum Gasteiger partial charge on any atom is -0.179 e. The van der Waals surface area contributed by atoms with Gasteiger partial charge in [-0.15, -0.1) is 0 Å². The number of thiol groups is 1. The molecule has 2 atom stereocenters. The SMILES string of the molecule is Cc1nsnc1[C@@H](CS)[C@H](C)C(C)C. The van der Waals surface area contributed by atoms with E-state index in [2.05, 4.69) is 42.1 Å². The second-order valence-corrected chi connectivity index (χ2v) is 5.02. The molecule has 0 saturated heterocycles. The third-order valence-electron chi connectivity index (χ3n) is 2.92. The molecule has 0 N–H and O–H groups in total. The molecule has 0 amide bonds. The van der Waals surface area contributed by atoms with Gasteiger partial charge in [0.2, 0.25) is 0 Å². The Balaban J connectivity index is 2.87. The van der Waals surface area contributed by atoms with Gasteiger partial charge in [0, 0.05) is 5.92 Å². The van der Waals surface area contributed by atoms with E-state index in [-0.39, 0.29) is 0 Å². The van der Waals surface area contributed by atoms with Gasteiger partial charge >= 0.3 is 0 Å². The first-order valence-corrected chi connectivity index (χ1v) is 6.34. The first kappa shape index (κ1) is 12.0. The maximum atomic E-state index is 4.42. The standard InChI is InChI=1S/C10H18N2S2/c1-6(2)7(3)9(5-13)10-8(4)11-14-12-10/h6-7,9,13H,5H2,1-4H3/t7-,9+/m1/s1. The third kappa shape index (κ3) is 2.48. The minimum atomic E-state index is 0.442. The molecule has 2 nitrogen and oxygen atoms in total. The monoisotopic (exact) mass is 230 g/mol. The quantitative estimate of drug-likeness (QED) is 0.804. The molecular formula is C10H18N2S2. The van der Waals surface area contributed by atoms with E-state index >= 15 is 0 Å². The number of nitrogens with zero attached hydrogens (tertiary/aromatic N) is 2. The van der Waals surface area contributed by atoms with Gasteiger partial charge in [-0.25, -0.2) is 0 Å². The normalized spacial score (nSPS) is 15.9. The van der Waals surface area contributed by atoms with Gasteiger partial charge in [-0.2, -0.15) is 21.4 Å². The van der Waals surface area contributed by atoms with Crippen molar-refractivity contribution in [2.24, 2.45) is 11.8 Å². The Morgan fingerprint density at radius 3 is 2.29 bits per heavy atom. The molecule has 0 saturated carbocycles. The zero-order chi connectivity index (χ0) is 10.7. The lowest BCUT2D eigenvalue weighted by atomic mass is 9.83. The van der Waals surface area contributed by atoms with Crippen molar-refractivity contribution in [2.45, 2.75) is 33.6 Å². The highest BCUT2D eigenvalue weighted by Gasteiger charge is 2.24. The molecule has 1 rings (SSSR count). The van der Waals surface area contributed by atoms with E-state index in [4.69, 9.17) is 0 Å². The minimum absolute atomic E-state index is 0.442. The molecule has 0 aromatic carbocycles. The Hall–Kier alpha value is -0.0900. The number of aromatic nitrogens is 2. The Bertz CT molecular complexity index is 283. The van der Waals surface area contributed by atoms with E-state index in [0.717, 1.165) is 17.1 Å². The summed E-state index contributed by atoms with van der Waals surface area (Å²) in [5, 5.41) is 0. The lowest BCUT2D eigenvalue weighted by Gasteiger charge is -2.24. The maximum Gasteiger partial charge on any atom is 0.0813 e. The van der Waals surface area contributed by atoms with Gasteiger partial charge in [-0.05, 0) is 24.5 Å². The van der Waals surface area contributed by atoms with E-state index in [9.17, 15) is 0 Å². The molecule has 0 unspecified atom stereocenters. The fourth-order valence-corrected chi connectivity index (χ4v) is 2.66. The molecule has 0 bridgehead atoms. The fraction of sp³-hybridized carbons (Fsp3) is 0.800. The van der Waals surface area contributed by atoms with Gasteiger partial charge in [0.25, 0.3) is 0 Å². The Morgan fingerprint density at radius 2 is 1.93 bits per heavy atom. The van der Waals surface area contributed by atoms with Crippen molar-refractivity contribution in [1.82, 2.24) is 8.75 Å². The second-order valence-electron chi connectivity index (χ2n) is 4.13. The first-order valence-electron chi connectivity index (χ1n) is 4.97. The third-order valence-corrected chi connectivity index (χ3v) is 3.95. The van der Waals surface area contributed by atoms with Gasteiger partial charge < -0.3 is 0 Å². The summed E-state index contributed by atoms with van der Waals surface area (Å²) in [5.41, 5.74) is 2.22. The van der Waals surface area contributed by atoms with Crippen molar-refractivity contribution in [1.29, 1.82) is 0 Å². The first-order chi connectivity index (χ1) is 6.57. The van der Waals surface area contributed by atoms with Crippen molar-refractivity contribution >= 4 is 24.4 Å². The number of hydrogen-bond donors (Lipinski definition) is 1. The van der Waals surface area contributed by atoms with Crippen molar-refractivity contribution in [3.05, 3.63) is 11.4 Å². The molecule has 14 heavy (non-hydrogen) atoms. The van der Waals surface area contributed by atoms with Gasteiger partial charge in [0.15, 0.2) is 0 Å². The molecule has 0 aliphatic rings. The van der Waals surface area contributed by atoms with Crippen molar-refractivity contribution in [2.75, 3.05) is 5.75 Å². The largest absolute Gasteiger partial charge is 0.179 e. The lowest BCUT2D eigenvalue weighted by molar-refractivity contribution is 0.362. The number of hydrogen-bond acceptors (Lipinski definition) is 4. The highest BCUT2D eigenvalue weighted by Crippen LogP contribution is 2.31. The van der Waals surface area contributed by atoms with Crippen LogP contribution >= 0.6 is 24.4 Å². The van der Waals surface area contributed by atoms with Crippen LogP contribution in [-0.4, -0.2) is 14.5 Å². The topological polar surface area (TPSA) is 25.8 Å². The van der Waals surface area contributed by atoms with Crippen LogP contribution in [0, 0.1) is 18.8 Å². The summed E-state index contributed by atoms with van der Waals surface area (Å²) >= 11 is 5.73. The number of rotatable bonds is 4. The average molecular weight is 230 g/mol. The summed E-state index contributed by atoms with van der Waals surface area (Å²) < 4.78 is 8.60. The van der Waals surface area contributed by atoms with Gasteiger partial charge in [0.1, 0.15) is 0 Å². The predicted octanol–water partition coefficient (Wildman–Crippen LogP) is 3.15. The van der Waals surface area contributed by atoms with Crippen molar-refractivity contribution in [3.8, 4) is 0 Å². The molecule has 0 aliphatic heterocycles. The summed E-state index contributed by atoms with van der Waals surface area (Å²) in [5.74, 6) is 2.56. The van der Waals surface area contributed by atoms with Crippen LogP contribution in [0.25, 0.3) is 0 Å². The van der Waals surface area contributed by atoms with E-state index in [1.54, 1.807) is 0 Å². The van der Waals surface area contributed by atoms with Crippen LogP contribution in [0.4, 0.5) is 0 Å². The van der Waals surface area contributed by atoms with Crippen LogP contribution in [0.2, 0.25) is 0 Å². The smallest absolute Gasteiger partial charge is 0.0813 e. The average Bonchev–Trinajstić information content (AvgIpc) is 2.53. The van der Waals surface area contributed by atoms with E-state index in [1.807, 2.05) is 6.92 Å². The molecule has 1 aromatic rings. The fourth-order valence-electron chi connectivity index (χ4n) is 1.54. The van der Waals surface area contributed by atoms with Crippen molar-refractivity contribution in [3.63, 3.8) is 0 Å². The van der Waals surface area contributed by atoms with Gasteiger partial charge in [0.05, 0.1) is 23.1 Å². The summed E-state index contributed by atoms with van der Waals surface area (Å²) in [6.07, 6.45) is 0. The highest BCUT2D eigenvalue weighted by atomic mass is 32.1. The van der Waals surface area contributed by atoms with E-state index < -0.39 is 0 Å². The molecule has 0 fully saturated rings. The van der Waals surface area contributed by atoms with Crippen LogP contribution in [0.5, 0.6) is 0 Å². The van der Waals surface area contributed by atoms with Crippen LogP contribution in [0.15, 0.2) is 0 Å². The molecule has 0 radical (unpaired) electrons. The summed E-state index contributed by atoms with van der Waals surface area (Å²) in [7, 11) is 0.